The SMILES string of the molecule is CNCCC1C(=O)C2=NC(CCc3ccccc3)=NC2=C2C=NC(C)(C)C(=O)C21.Cl.Cl. The topological polar surface area (TPSA) is 83.2 Å². The molecule has 6 nitrogen and oxygen atoms in total. The lowest BCUT2D eigenvalue weighted by Crippen LogP contribution is -2.50. The van der Waals surface area contributed by atoms with E-state index in [9.17, 15) is 9.59 Å². The van der Waals surface area contributed by atoms with Crippen LogP contribution in [0.5, 0.6) is 0 Å². The minimum absolute atomic E-state index is 0. The van der Waals surface area contributed by atoms with Crippen molar-refractivity contribution in [1.82, 2.24) is 5.32 Å². The van der Waals surface area contributed by atoms with E-state index in [4.69, 9.17) is 0 Å². The molecule has 1 aliphatic carbocycles. The van der Waals surface area contributed by atoms with Crippen LogP contribution in [0.25, 0.3) is 0 Å². The second-order valence-corrected chi connectivity index (χ2v) is 8.30. The molecule has 0 amide bonds. The van der Waals surface area contributed by atoms with E-state index in [0.717, 1.165) is 12.0 Å². The number of rotatable bonds is 6. The molecule has 0 fully saturated rings. The highest BCUT2D eigenvalue weighted by atomic mass is 35.5. The first kappa shape index (κ1) is 25.1. The number of allylic oxidation sites excluding steroid dienone is 2. The molecule has 2 aliphatic heterocycles. The molecule has 3 aliphatic rings. The van der Waals surface area contributed by atoms with Crippen LogP contribution in [-0.2, 0) is 16.0 Å². The maximum absolute atomic E-state index is 13.3. The van der Waals surface area contributed by atoms with Crippen LogP contribution >= 0.6 is 24.8 Å². The summed E-state index contributed by atoms with van der Waals surface area (Å²) in [7, 11) is 1.85. The number of hydrogen-bond acceptors (Lipinski definition) is 6. The zero-order chi connectivity index (χ0) is 20.6. The number of halogens is 2. The van der Waals surface area contributed by atoms with Gasteiger partial charge in [-0.1, -0.05) is 30.3 Å². The van der Waals surface area contributed by atoms with Gasteiger partial charge in [0.15, 0.2) is 11.6 Å². The van der Waals surface area contributed by atoms with Crippen LogP contribution in [0.3, 0.4) is 0 Å². The number of Topliss-reactive ketones (excluding diaryl/α,β-unsaturated/α-hetero) is 2. The molecule has 2 atom stereocenters. The molecule has 4 rings (SSSR count). The predicted octanol–water partition coefficient (Wildman–Crippen LogP) is 3.43. The van der Waals surface area contributed by atoms with Crippen molar-refractivity contribution in [2.45, 2.75) is 38.6 Å². The minimum atomic E-state index is -0.819. The molecular formula is C23H28Cl2N4O2. The number of carbonyl (C=O) groups excluding carboxylic acids is 2. The maximum atomic E-state index is 13.3. The Bertz CT molecular complexity index is 981. The van der Waals surface area contributed by atoms with E-state index in [0.29, 0.717) is 36.6 Å². The normalized spacial score (nSPS) is 23.3. The highest BCUT2D eigenvalue weighted by molar-refractivity contribution is 6.51. The quantitative estimate of drug-likeness (QED) is 0.702. The summed E-state index contributed by atoms with van der Waals surface area (Å²) in [6, 6.07) is 10.1. The lowest BCUT2D eigenvalue weighted by Gasteiger charge is -2.37. The molecule has 2 unspecified atom stereocenters. The van der Waals surface area contributed by atoms with Crippen LogP contribution in [0.2, 0.25) is 0 Å². The van der Waals surface area contributed by atoms with E-state index >= 15 is 0 Å². The number of nitrogens with zero attached hydrogens (tertiary/aromatic N) is 3. The molecule has 0 saturated heterocycles. The van der Waals surface area contributed by atoms with Gasteiger partial charge in [0, 0.05) is 24.1 Å². The van der Waals surface area contributed by atoms with Crippen LogP contribution in [0.15, 0.2) is 56.6 Å². The van der Waals surface area contributed by atoms with E-state index < -0.39 is 17.4 Å². The Morgan fingerprint density at radius 3 is 2.42 bits per heavy atom. The van der Waals surface area contributed by atoms with Gasteiger partial charge < -0.3 is 5.32 Å². The largest absolute Gasteiger partial charge is 0.320 e. The van der Waals surface area contributed by atoms with Gasteiger partial charge in [-0.3, -0.25) is 14.6 Å². The van der Waals surface area contributed by atoms with Crippen molar-refractivity contribution in [1.29, 1.82) is 0 Å². The molecule has 31 heavy (non-hydrogen) atoms. The molecule has 0 bridgehead atoms. The Hall–Kier alpha value is -2.15. The van der Waals surface area contributed by atoms with E-state index in [1.807, 2.05) is 25.2 Å². The average molecular weight is 463 g/mol. The average Bonchev–Trinajstić information content (AvgIpc) is 3.15. The second-order valence-electron chi connectivity index (χ2n) is 8.30. The number of aliphatic imine (C=N–C) groups is 3. The standard InChI is InChI=1S/C23H26N4O2.2ClH/c1-23(2)22(29)18-15(11-12-24-3)21(28)20-19(16(18)13-25-23)26-17(27-20)10-9-14-7-5-4-6-8-14;;/h4-8,13,15,18,24H,9-12H2,1-3H3;2*1H. The Morgan fingerprint density at radius 1 is 1.03 bits per heavy atom. The van der Waals surface area contributed by atoms with Crippen molar-refractivity contribution in [2.24, 2.45) is 26.8 Å². The van der Waals surface area contributed by atoms with Crippen LogP contribution in [0, 0.1) is 11.8 Å². The lowest BCUT2D eigenvalue weighted by molar-refractivity contribution is -0.131. The van der Waals surface area contributed by atoms with E-state index in [1.54, 1.807) is 20.1 Å². The van der Waals surface area contributed by atoms with Crippen molar-refractivity contribution < 1.29 is 9.59 Å². The van der Waals surface area contributed by atoms with Crippen molar-refractivity contribution >= 4 is 54.1 Å². The van der Waals surface area contributed by atoms with Crippen LogP contribution in [0.1, 0.15) is 32.3 Å². The number of nitrogens with one attached hydrogen (secondary N) is 1. The minimum Gasteiger partial charge on any atom is -0.320 e. The maximum Gasteiger partial charge on any atom is 0.187 e. The molecule has 0 saturated carbocycles. The van der Waals surface area contributed by atoms with Crippen molar-refractivity contribution in [3.8, 4) is 0 Å². The Morgan fingerprint density at radius 2 is 1.74 bits per heavy atom. The fourth-order valence-corrected chi connectivity index (χ4v) is 4.20. The van der Waals surface area contributed by atoms with E-state index in [2.05, 4.69) is 32.4 Å². The van der Waals surface area contributed by atoms with Crippen LogP contribution in [0.4, 0.5) is 0 Å². The monoisotopic (exact) mass is 462 g/mol. The van der Waals surface area contributed by atoms with Crippen LogP contribution < -0.4 is 5.32 Å². The fourth-order valence-electron chi connectivity index (χ4n) is 4.20. The van der Waals surface area contributed by atoms with Gasteiger partial charge in [0.05, 0.1) is 5.92 Å². The summed E-state index contributed by atoms with van der Waals surface area (Å²) < 4.78 is 0. The van der Waals surface area contributed by atoms with E-state index in [-0.39, 0.29) is 36.4 Å². The molecule has 0 radical (unpaired) electrons. The lowest BCUT2D eigenvalue weighted by atomic mass is 9.67. The zero-order valence-corrected chi connectivity index (χ0v) is 19.6. The number of aryl methyl sites for hydroxylation is 1. The number of carbonyl (C=O) groups is 2. The summed E-state index contributed by atoms with van der Waals surface area (Å²) in [5.74, 6) is -0.332. The summed E-state index contributed by atoms with van der Waals surface area (Å²) in [4.78, 5) is 40.2. The molecular weight excluding hydrogens is 435 g/mol. The fraction of sp³-hybridized carbons (Fsp3) is 0.435. The molecule has 0 spiro atoms. The number of ketones is 2. The molecule has 166 valence electrons. The van der Waals surface area contributed by atoms with Crippen molar-refractivity contribution in [2.75, 3.05) is 13.6 Å². The third kappa shape index (κ3) is 4.71. The second kappa shape index (κ2) is 9.98. The molecule has 8 heteroatoms. The smallest absolute Gasteiger partial charge is 0.187 e. The number of amidine groups is 1. The highest BCUT2D eigenvalue weighted by Crippen LogP contribution is 2.41. The molecule has 2 heterocycles. The van der Waals surface area contributed by atoms with Gasteiger partial charge in [0.2, 0.25) is 0 Å². The van der Waals surface area contributed by atoms with Crippen LogP contribution in [-0.4, -0.2) is 48.5 Å². The third-order valence-corrected chi connectivity index (χ3v) is 5.88. The third-order valence-electron chi connectivity index (χ3n) is 5.88. The van der Waals surface area contributed by atoms with Gasteiger partial charge in [-0.25, -0.2) is 9.98 Å². The van der Waals surface area contributed by atoms with E-state index in [1.165, 1.54) is 5.56 Å². The van der Waals surface area contributed by atoms with Crippen molar-refractivity contribution in [3.05, 3.63) is 47.2 Å². The molecule has 0 aromatic heterocycles. The van der Waals surface area contributed by atoms with Gasteiger partial charge in [0.25, 0.3) is 0 Å². The highest BCUT2D eigenvalue weighted by Gasteiger charge is 2.50. The molecule has 1 N–H and O–H groups in total. The van der Waals surface area contributed by atoms with Gasteiger partial charge in [-0.05, 0) is 45.8 Å². The first-order chi connectivity index (χ1) is 13.9. The van der Waals surface area contributed by atoms with Gasteiger partial charge >= 0.3 is 0 Å². The summed E-state index contributed by atoms with van der Waals surface area (Å²) in [6.07, 6.45) is 3.80. The first-order valence-corrected chi connectivity index (χ1v) is 10.2. The summed E-state index contributed by atoms with van der Waals surface area (Å²) in [5, 5.41) is 3.09. The van der Waals surface area contributed by atoms with Crippen molar-refractivity contribution in [3.63, 3.8) is 0 Å². The van der Waals surface area contributed by atoms with Gasteiger partial charge in [0.1, 0.15) is 22.8 Å². The Balaban J connectivity index is 0.00000171. The number of benzene rings is 1. The first-order valence-electron chi connectivity index (χ1n) is 10.2. The number of hydrogen-bond donors (Lipinski definition) is 1. The van der Waals surface area contributed by atoms with Gasteiger partial charge in [-0.2, -0.15) is 0 Å². The summed E-state index contributed by atoms with van der Waals surface area (Å²) in [5.41, 5.74) is 2.09. The summed E-state index contributed by atoms with van der Waals surface area (Å²) >= 11 is 0. The van der Waals surface area contributed by atoms with Gasteiger partial charge in [-0.15, -0.1) is 24.8 Å². The zero-order valence-electron chi connectivity index (χ0n) is 17.9. The molecule has 1 aromatic rings. The number of fused-ring (bicyclic) bond motifs is 2. The predicted molar refractivity (Wildman–Crippen MR) is 129 cm³/mol. The Kier molecular flexibility index (Phi) is 8.09. The Labute approximate surface area is 195 Å². The molecule has 1 aromatic carbocycles. The summed E-state index contributed by atoms with van der Waals surface area (Å²) in [6.45, 7) is 4.27.